The number of nitrogens with zero attached hydrogens (tertiary/aromatic N) is 1. The number of nitro benzene ring substituents is 1. The summed E-state index contributed by atoms with van der Waals surface area (Å²) < 4.78 is 21.1. The molecule has 2 aromatic carbocycles. The maximum atomic E-state index is 12.5. The summed E-state index contributed by atoms with van der Waals surface area (Å²) in [6.45, 7) is 2.58. The van der Waals surface area contributed by atoms with Crippen LogP contribution in [0.25, 0.3) is 0 Å². The molecule has 0 aromatic heterocycles. The minimum atomic E-state index is -1.51. The molecule has 1 saturated heterocycles. The van der Waals surface area contributed by atoms with E-state index >= 15 is 0 Å². The van der Waals surface area contributed by atoms with Gasteiger partial charge in [0.15, 0.2) is 5.60 Å². The Morgan fingerprint density at radius 1 is 0.969 bits per heavy atom. The van der Waals surface area contributed by atoms with Gasteiger partial charge in [-0.05, 0) is 24.3 Å². The van der Waals surface area contributed by atoms with Crippen molar-refractivity contribution in [3.05, 3.63) is 75.8 Å². The van der Waals surface area contributed by atoms with Crippen molar-refractivity contribution < 1.29 is 38.3 Å². The number of hydrogen-bond donors (Lipinski definition) is 0. The van der Waals surface area contributed by atoms with Crippen molar-refractivity contribution in [2.75, 3.05) is 19.8 Å². The molecule has 2 aromatic rings. The van der Waals surface area contributed by atoms with E-state index in [0.29, 0.717) is 5.56 Å². The van der Waals surface area contributed by atoms with E-state index in [1.807, 2.05) is 0 Å². The van der Waals surface area contributed by atoms with Gasteiger partial charge in [-0.2, -0.15) is 0 Å². The second-order valence-corrected chi connectivity index (χ2v) is 7.84. The maximum absolute atomic E-state index is 12.5. The van der Waals surface area contributed by atoms with Crippen LogP contribution in [-0.4, -0.2) is 48.4 Å². The molecule has 1 unspecified atom stereocenters. The zero-order valence-corrected chi connectivity index (χ0v) is 17.4. The van der Waals surface area contributed by atoms with E-state index in [-0.39, 0.29) is 24.5 Å². The smallest absolute Gasteiger partial charge is 0.458 e. The van der Waals surface area contributed by atoms with Gasteiger partial charge in [-0.3, -0.25) is 10.1 Å². The first-order chi connectivity index (χ1) is 15.1. The van der Waals surface area contributed by atoms with Gasteiger partial charge in [0.25, 0.3) is 5.69 Å². The minimum absolute atomic E-state index is 0.0518. The van der Waals surface area contributed by atoms with E-state index in [0.717, 1.165) is 0 Å². The van der Waals surface area contributed by atoms with Crippen molar-refractivity contribution in [1.82, 2.24) is 0 Å². The van der Waals surface area contributed by atoms with Gasteiger partial charge in [0.05, 0.1) is 16.1 Å². The Morgan fingerprint density at radius 3 is 2.03 bits per heavy atom. The number of benzene rings is 2. The molecule has 0 spiro atoms. The molecule has 0 saturated carbocycles. The van der Waals surface area contributed by atoms with E-state index in [9.17, 15) is 24.5 Å². The third kappa shape index (κ3) is 4.85. The lowest BCUT2D eigenvalue weighted by Crippen LogP contribution is -2.61. The van der Waals surface area contributed by atoms with Crippen molar-refractivity contribution in [3.63, 3.8) is 0 Å². The zero-order chi connectivity index (χ0) is 23.4. The third-order valence-corrected chi connectivity index (χ3v) is 5.26. The van der Waals surface area contributed by atoms with Crippen molar-refractivity contribution in [3.8, 4) is 0 Å². The molecule has 168 valence electrons. The molecule has 0 aliphatic carbocycles. The molecule has 32 heavy (non-hydrogen) atoms. The van der Waals surface area contributed by atoms with Gasteiger partial charge in [0.2, 0.25) is 0 Å². The van der Waals surface area contributed by atoms with Crippen LogP contribution >= 0.6 is 0 Å². The van der Waals surface area contributed by atoms with Crippen molar-refractivity contribution in [1.29, 1.82) is 0 Å². The van der Waals surface area contributed by atoms with Gasteiger partial charge in [-0.1, -0.05) is 32.0 Å². The first-order valence-electron chi connectivity index (χ1n) is 9.63. The highest BCUT2D eigenvalue weighted by Gasteiger charge is 2.55. The molecule has 10 nitrogen and oxygen atoms in total. The summed E-state index contributed by atoms with van der Waals surface area (Å²) in [5.41, 5.74) is -2.19. The second kappa shape index (κ2) is 9.04. The Bertz CT molecular complexity index is 1020. The lowest BCUT2D eigenvalue weighted by molar-refractivity contribution is -0.384. The summed E-state index contributed by atoms with van der Waals surface area (Å²) in [5.74, 6) is -1.42. The van der Waals surface area contributed by atoms with E-state index in [1.165, 1.54) is 24.3 Å². The average Bonchev–Trinajstić information content (AvgIpc) is 2.79. The number of carbonyl (C=O) groups is 3. The fraction of sp³-hybridized carbons (Fsp3) is 0.318. The molecule has 1 aliphatic rings. The number of rotatable bonds is 7. The van der Waals surface area contributed by atoms with Crippen LogP contribution in [0.3, 0.4) is 0 Å². The number of carbonyl (C=O) groups excluding carboxylic acids is 3. The molecule has 0 bridgehead atoms. The normalized spacial score (nSPS) is 19.2. The number of cyclic esters (lactones) is 2. The van der Waals surface area contributed by atoms with Crippen LogP contribution in [0.1, 0.15) is 34.6 Å². The standard InChI is InChI=1S/C22H21NO9/c1-21(2)12-31-20(26)32-22(21,13-29-18(24)15-6-4-3-5-7-15)14-30-19(25)16-8-10-17(11-9-16)23(27)28/h3-11H,12-14H2,1-2H3. The van der Waals surface area contributed by atoms with Gasteiger partial charge in [0.1, 0.15) is 19.8 Å². The fourth-order valence-electron chi connectivity index (χ4n) is 3.01. The monoisotopic (exact) mass is 443 g/mol. The number of esters is 2. The van der Waals surface area contributed by atoms with Crippen LogP contribution in [0.15, 0.2) is 54.6 Å². The number of nitro groups is 1. The van der Waals surface area contributed by atoms with E-state index in [1.54, 1.807) is 44.2 Å². The fourth-order valence-corrected chi connectivity index (χ4v) is 3.01. The van der Waals surface area contributed by atoms with Crippen molar-refractivity contribution in [2.24, 2.45) is 5.41 Å². The molecular formula is C22H21NO9. The highest BCUT2D eigenvalue weighted by atomic mass is 16.8. The van der Waals surface area contributed by atoms with Crippen LogP contribution < -0.4 is 0 Å². The van der Waals surface area contributed by atoms with Crippen LogP contribution in [0.5, 0.6) is 0 Å². The molecule has 0 amide bonds. The van der Waals surface area contributed by atoms with Gasteiger partial charge < -0.3 is 18.9 Å². The van der Waals surface area contributed by atoms with Crippen molar-refractivity contribution in [2.45, 2.75) is 19.4 Å². The van der Waals surface area contributed by atoms with E-state index < -0.39 is 40.6 Å². The molecule has 1 aliphatic heterocycles. The largest absolute Gasteiger partial charge is 0.509 e. The van der Waals surface area contributed by atoms with Gasteiger partial charge in [0, 0.05) is 17.5 Å². The first kappa shape index (κ1) is 22.7. The summed E-state index contributed by atoms with van der Waals surface area (Å²) in [5, 5.41) is 10.8. The molecule has 10 heteroatoms. The number of non-ortho nitro benzene ring substituents is 1. The Labute approximate surface area is 183 Å². The summed E-state index contributed by atoms with van der Waals surface area (Å²) in [7, 11) is 0. The first-order valence-corrected chi connectivity index (χ1v) is 9.63. The molecular weight excluding hydrogens is 422 g/mol. The number of ether oxygens (including phenoxy) is 4. The lowest BCUT2D eigenvalue weighted by atomic mass is 9.75. The Morgan fingerprint density at radius 2 is 1.50 bits per heavy atom. The minimum Gasteiger partial charge on any atom is -0.458 e. The van der Waals surface area contributed by atoms with Crippen LogP contribution in [0.4, 0.5) is 10.5 Å². The summed E-state index contributed by atoms with van der Waals surface area (Å²) in [6.07, 6.45) is -0.980. The summed E-state index contributed by atoms with van der Waals surface area (Å²) >= 11 is 0. The predicted molar refractivity (Wildman–Crippen MR) is 109 cm³/mol. The predicted octanol–water partition coefficient (Wildman–Crippen LogP) is 3.54. The molecule has 3 rings (SSSR count). The zero-order valence-electron chi connectivity index (χ0n) is 17.4. The van der Waals surface area contributed by atoms with E-state index in [4.69, 9.17) is 18.9 Å². The molecule has 1 fully saturated rings. The molecule has 0 radical (unpaired) electrons. The summed E-state index contributed by atoms with van der Waals surface area (Å²) in [4.78, 5) is 47.0. The third-order valence-electron chi connectivity index (χ3n) is 5.26. The van der Waals surface area contributed by atoms with Crippen LogP contribution in [0, 0.1) is 15.5 Å². The van der Waals surface area contributed by atoms with Gasteiger partial charge in [-0.15, -0.1) is 0 Å². The Kier molecular flexibility index (Phi) is 6.42. The lowest BCUT2D eigenvalue weighted by Gasteiger charge is -2.46. The summed E-state index contributed by atoms with van der Waals surface area (Å²) in [6, 6.07) is 13.1. The molecule has 1 atom stereocenters. The van der Waals surface area contributed by atoms with Gasteiger partial charge >= 0.3 is 18.1 Å². The Balaban J connectivity index is 1.76. The van der Waals surface area contributed by atoms with E-state index in [2.05, 4.69) is 0 Å². The van der Waals surface area contributed by atoms with Crippen molar-refractivity contribution >= 4 is 23.8 Å². The average molecular weight is 443 g/mol. The van der Waals surface area contributed by atoms with Gasteiger partial charge in [-0.25, -0.2) is 14.4 Å². The highest BCUT2D eigenvalue weighted by molar-refractivity contribution is 5.90. The Hall–Kier alpha value is -3.95. The molecule has 0 N–H and O–H groups in total. The van der Waals surface area contributed by atoms with Crippen LogP contribution in [-0.2, 0) is 18.9 Å². The topological polar surface area (TPSA) is 131 Å². The number of hydrogen-bond acceptors (Lipinski definition) is 9. The second-order valence-electron chi connectivity index (χ2n) is 7.84. The highest BCUT2D eigenvalue weighted by Crippen LogP contribution is 2.39. The molecule has 1 heterocycles. The quantitative estimate of drug-likeness (QED) is 0.273. The maximum Gasteiger partial charge on any atom is 0.509 e. The van der Waals surface area contributed by atoms with Crippen LogP contribution in [0.2, 0.25) is 0 Å². The SMILES string of the molecule is CC1(C)COC(=O)OC1(COC(=O)c1ccccc1)COC(=O)c1ccc([N+](=O)[O-])cc1.